The van der Waals surface area contributed by atoms with Crippen LogP contribution in [0.3, 0.4) is 0 Å². The van der Waals surface area contributed by atoms with E-state index in [9.17, 15) is 0 Å². The highest BCUT2D eigenvalue weighted by Gasteiger charge is 1.99. The van der Waals surface area contributed by atoms with E-state index in [1.807, 2.05) is 0 Å². The van der Waals surface area contributed by atoms with Crippen molar-refractivity contribution >= 4 is 11.8 Å². The van der Waals surface area contributed by atoms with Gasteiger partial charge >= 0.3 is 0 Å². The molecule has 0 aliphatic carbocycles. The number of hydrogen-bond acceptors (Lipinski definition) is 1. The SMILES string of the molecule is CCN(CC)c1ccc(/C=C/C(C)C)cc1. The molecule has 0 atom stereocenters. The molecule has 0 N–H and O–H groups in total. The van der Waals surface area contributed by atoms with E-state index < -0.39 is 0 Å². The highest BCUT2D eigenvalue weighted by Crippen LogP contribution is 2.16. The standard InChI is InChI=1S/C15H23N/c1-5-16(6-2)15-11-9-14(10-12-15)8-7-13(3)4/h7-13H,5-6H2,1-4H3/b8-7+. The first-order valence-corrected chi connectivity index (χ1v) is 6.20. The maximum absolute atomic E-state index is 2.36. The summed E-state index contributed by atoms with van der Waals surface area (Å²) < 4.78 is 0. The summed E-state index contributed by atoms with van der Waals surface area (Å²) in [7, 11) is 0. The average molecular weight is 217 g/mol. The Morgan fingerprint density at radius 3 is 2.06 bits per heavy atom. The molecule has 0 saturated carbocycles. The second-order valence-electron chi connectivity index (χ2n) is 4.37. The summed E-state index contributed by atoms with van der Waals surface area (Å²) in [6.45, 7) is 10.9. The quantitative estimate of drug-likeness (QED) is 0.714. The zero-order chi connectivity index (χ0) is 12.0. The molecule has 1 aromatic rings. The topological polar surface area (TPSA) is 3.24 Å². The van der Waals surface area contributed by atoms with Gasteiger partial charge < -0.3 is 4.90 Å². The molecule has 1 rings (SSSR count). The second kappa shape index (κ2) is 6.37. The molecule has 88 valence electrons. The van der Waals surface area contributed by atoms with Crippen LogP contribution in [-0.2, 0) is 0 Å². The number of anilines is 1. The van der Waals surface area contributed by atoms with Gasteiger partial charge in [-0.25, -0.2) is 0 Å². The molecule has 0 aliphatic heterocycles. The van der Waals surface area contributed by atoms with Gasteiger partial charge in [0.1, 0.15) is 0 Å². The Labute approximate surface area is 99.8 Å². The van der Waals surface area contributed by atoms with Crippen LogP contribution in [0.2, 0.25) is 0 Å². The third kappa shape index (κ3) is 3.73. The van der Waals surface area contributed by atoms with E-state index in [1.54, 1.807) is 0 Å². The lowest BCUT2D eigenvalue weighted by atomic mass is 10.1. The van der Waals surface area contributed by atoms with Crippen LogP contribution >= 0.6 is 0 Å². The number of benzene rings is 1. The minimum absolute atomic E-state index is 0.613. The molecule has 0 unspecified atom stereocenters. The summed E-state index contributed by atoms with van der Waals surface area (Å²) in [5.74, 6) is 0.613. The third-order valence-electron chi connectivity index (χ3n) is 2.70. The fraction of sp³-hybridized carbons (Fsp3) is 0.467. The van der Waals surface area contributed by atoms with Crippen molar-refractivity contribution in [2.75, 3.05) is 18.0 Å². The van der Waals surface area contributed by atoms with E-state index in [4.69, 9.17) is 0 Å². The van der Waals surface area contributed by atoms with Gasteiger partial charge in [-0.3, -0.25) is 0 Å². The minimum atomic E-state index is 0.613. The van der Waals surface area contributed by atoms with Crippen LogP contribution in [0.4, 0.5) is 5.69 Å². The van der Waals surface area contributed by atoms with E-state index in [2.05, 4.69) is 69.0 Å². The van der Waals surface area contributed by atoms with Gasteiger partial charge in [0, 0.05) is 18.8 Å². The van der Waals surface area contributed by atoms with E-state index >= 15 is 0 Å². The second-order valence-corrected chi connectivity index (χ2v) is 4.37. The van der Waals surface area contributed by atoms with Crippen LogP contribution < -0.4 is 4.90 Å². The lowest BCUT2D eigenvalue weighted by Crippen LogP contribution is -2.21. The summed E-state index contributed by atoms with van der Waals surface area (Å²) >= 11 is 0. The van der Waals surface area contributed by atoms with E-state index in [0.717, 1.165) is 13.1 Å². The van der Waals surface area contributed by atoms with Crippen molar-refractivity contribution in [3.05, 3.63) is 35.9 Å². The van der Waals surface area contributed by atoms with Gasteiger partial charge in [-0.1, -0.05) is 38.1 Å². The summed E-state index contributed by atoms with van der Waals surface area (Å²) in [6, 6.07) is 8.78. The molecule has 0 saturated heterocycles. The molecule has 0 heterocycles. The van der Waals surface area contributed by atoms with Crippen molar-refractivity contribution in [2.45, 2.75) is 27.7 Å². The molecular formula is C15H23N. The molecule has 1 heteroatoms. The van der Waals surface area contributed by atoms with Crippen LogP contribution in [0.15, 0.2) is 30.3 Å². The Hall–Kier alpha value is -1.24. The lowest BCUT2D eigenvalue weighted by molar-refractivity contribution is 0.836. The van der Waals surface area contributed by atoms with Gasteiger partial charge in [0.05, 0.1) is 0 Å². The van der Waals surface area contributed by atoms with Crippen molar-refractivity contribution in [2.24, 2.45) is 5.92 Å². The van der Waals surface area contributed by atoms with Gasteiger partial charge in [0.2, 0.25) is 0 Å². The van der Waals surface area contributed by atoms with Crippen molar-refractivity contribution < 1.29 is 0 Å². The Balaban J connectivity index is 2.74. The van der Waals surface area contributed by atoms with Gasteiger partial charge in [0.15, 0.2) is 0 Å². The first kappa shape index (κ1) is 12.8. The van der Waals surface area contributed by atoms with E-state index in [0.29, 0.717) is 5.92 Å². The predicted octanol–water partition coefficient (Wildman–Crippen LogP) is 4.20. The van der Waals surface area contributed by atoms with Crippen LogP contribution in [0.25, 0.3) is 6.08 Å². The number of rotatable bonds is 5. The first-order chi connectivity index (χ1) is 7.67. The van der Waals surface area contributed by atoms with Crippen LogP contribution in [-0.4, -0.2) is 13.1 Å². The van der Waals surface area contributed by atoms with Crippen LogP contribution in [0.5, 0.6) is 0 Å². The van der Waals surface area contributed by atoms with E-state index in [1.165, 1.54) is 11.3 Å². The monoisotopic (exact) mass is 217 g/mol. The molecule has 1 nitrogen and oxygen atoms in total. The number of allylic oxidation sites excluding steroid dienone is 1. The normalized spacial score (nSPS) is 11.3. The zero-order valence-electron chi connectivity index (χ0n) is 10.9. The fourth-order valence-corrected chi connectivity index (χ4v) is 1.69. The molecule has 0 aromatic heterocycles. The highest BCUT2D eigenvalue weighted by molar-refractivity contribution is 5.56. The van der Waals surface area contributed by atoms with Gasteiger partial charge in [-0.05, 0) is 37.5 Å². The molecule has 16 heavy (non-hydrogen) atoms. The minimum Gasteiger partial charge on any atom is -0.372 e. The number of hydrogen-bond donors (Lipinski definition) is 0. The maximum Gasteiger partial charge on any atom is 0.0366 e. The van der Waals surface area contributed by atoms with Crippen molar-refractivity contribution in [1.82, 2.24) is 0 Å². The molecule has 0 fully saturated rings. The molecule has 1 aromatic carbocycles. The summed E-state index contributed by atoms with van der Waals surface area (Å²) in [5, 5.41) is 0. The average Bonchev–Trinajstić information content (AvgIpc) is 2.29. The van der Waals surface area contributed by atoms with Crippen molar-refractivity contribution in [1.29, 1.82) is 0 Å². The smallest absolute Gasteiger partial charge is 0.0366 e. The fourth-order valence-electron chi connectivity index (χ4n) is 1.69. The molecule has 0 aliphatic rings. The molecule has 0 spiro atoms. The van der Waals surface area contributed by atoms with Gasteiger partial charge in [-0.2, -0.15) is 0 Å². The van der Waals surface area contributed by atoms with Crippen LogP contribution in [0.1, 0.15) is 33.3 Å². The molecule has 0 bridgehead atoms. The third-order valence-corrected chi connectivity index (χ3v) is 2.70. The first-order valence-electron chi connectivity index (χ1n) is 6.20. The highest BCUT2D eigenvalue weighted by atomic mass is 15.1. The van der Waals surface area contributed by atoms with Crippen molar-refractivity contribution in [3.8, 4) is 0 Å². The van der Waals surface area contributed by atoms with Crippen LogP contribution in [0, 0.1) is 5.92 Å². The largest absolute Gasteiger partial charge is 0.372 e. The Kier molecular flexibility index (Phi) is 5.10. The molecular weight excluding hydrogens is 194 g/mol. The Morgan fingerprint density at radius 1 is 1.06 bits per heavy atom. The predicted molar refractivity (Wildman–Crippen MR) is 73.9 cm³/mol. The van der Waals surface area contributed by atoms with Gasteiger partial charge in [0.25, 0.3) is 0 Å². The number of nitrogens with zero attached hydrogens (tertiary/aromatic N) is 1. The van der Waals surface area contributed by atoms with E-state index in [-0.39, 0.29) is 0 Å². The Morgan fingerprint density at radius 2 is 1.62 bits per heavy atom. The zero-order valence-corrected chi connectivity index (χ0v) is 10.9. The molecule has 0 radical (unpaired) electrons. The summed E-state index contributed by atoms with van der Waals surface area (Å²) in [6.07, 6.45) is 4.42. The van der Waals surface area contributed by atoms with Crippen molar-refractivity contribution in [3.63, 3.8) is 0 Å². The lowest BCUT2D eigenvalue weighted by Gasteiger charge is -2.20. The van der Waals surface area contributed by atoms with Gasteiger partial charge in [-0.15, -0.1) is 0 Å². The summed E-state index contributed by atoms with van der Waals surface area (Å²) in [5.41, 5.74) is 2.59. The Bertz CT molecular complexity index is 318. The maximum atomic E-state index is 2.36. The summed E-state index contributed by atoms with van der Waals surface area (Å²) in [4.78, 5) is 2.36. The molecule has 0 amide bonds.